The minimum atomic E-state index is -0.333. The van der Waals surface area contributed by atoms with Gasteiger partial charge in [0.1, 0.15) is 5.75 Å². The largest absolute Gasteiger partial charge is 0.497 e. The highest BCUT2D eigenvalue weighted by atomic mass is 16.5. The van der Waals surface area contributed by atoms with E-state index in [0.29, 0.717) is 17.9 Å². The summed E-state index contributed by atoms with van der Waals surface area (Å²) in [6, 6.07) is 5.28. The number of anilines is 1. The van der Waals surface area contributed by atoms with Gasteiger partial charge >= 0.3 is 5.97 Å². The Morgan fingerprint density at radius 2 is 2.12 bits per heavy atom. The van der Waals surface area contributed by atoms with Gasteiger partial charge < -0.3 is 15.2 Å². The third-order valence-corrected chi connectivity index (χ3v) is 2.56. The summed E-state index contributed by atoms with van der Waals surface area (Å²) in [5.41, 5.74) is 7.19. The van der Waals surface area contributed by atoms with Crippen LogP contribution in [0.25, 0.3) is 0 Å². The monoisotopic (exact) mass is 223 g/mol. The summed E-state index contributed by atoms with van der Waals surface area (Å²) >= 11 is 0. The first kappa shape index (κ1) is 12.4. The highest BCUT2D eigenvalue weighted by Crippen LogP contribution is 2.29. The second-order valence-corrected chi connectivity index (χ2v) is 3.48. The molecule has 0 bridgehead atoms. The molecular weight excluding hydrogens is 206 g/mol. The Balaban J connectivity index is 3.12. The lowest BCUT2D eigenvalue weighted by Gasteiger charge is -2.15. The van der Waals surface area contributed by atoms with Gasteiger partial charge in [0, 0.05) is 5.69 Å². The molecule has 16 heavy (non-hydrogen) atoms. The molecule has 0 aliphatic rings. The number of esters is 1. The first-order valence-electron chi connectivity index (χ1n) is 5.15. The van der Waals surface area contributed by atoms with Gasteiger partial charge in [-0.15, -0.1) is 0 Å². The van der Waals surface area contributed by atoms with E-state index in [1.54, 1.807) is 25.3 Å². The number of hydrogen-bond donors (Lipinski definition) is 1. The van der Waals surface area contributed by atoms with Crippen LogP contribution < -0.4 is 10.5 Å². The van der Waals surface area contributed by atoms with Gasteiger partial charge in [0.2, 0.25) is 0 Å². The van der Waals surface area contributed by atoms with Crippen molar-refractivity contribution in [1.29, 1.82) is 0 Å². The van der Waals surface area contributed by atoms with E-state index in [-0.39, 0.29) is 11.9 Å². The number of hydrogen-bond acceptors (Lipinski definition) is 4. The fourth-order valence-electron chi connectivity index (χ4n) is 1.64. The molecule has 1 aromatic carbocycles. The maximum absolute atomic E-state index is 11.6. The molecule has 88 valence electrons. The minimum Gasteiger partial charge on any atom is -0.497 e. The second-order valence-electron chi connectivity index (χ2n) is 3.48. The molecule has 1 atom stereocenters. The topological polar surface area (TPSA) is 61.5 Å². The van der Waals surface area contributed by atoms with Crippen molar-refractivity contribution in [3.05, 3.63) is 23.8 Å². The molecule has 2 N–H and O–H groups in total. The molecule has 0 aliphatic carbocycles. The molecule has 0 aromatic heterocycles. The molecule has 1 rings (SSSR count). The van der Waals surface area contributed by atoms with Crippen molar-refractivity contribution in [1.82, 2.24) is 0 Å². The molecule has 4 heteroatoms. The number of nitrogens with two attached hydrogens (primary N) is 1. The summed E-state index contributed by atoms with van der Waals surface area (Å²) in [6.45, 7) is 1.92. The number of benzene rings is 1. The minimum absolute atomic E-state index is 0.276. The Kier molecular flexibility index (Phi) is 4.17. The number of methoxy groups -OCH3 is 2. The van der Waals surface area contributed by atoms with E-state index < -0.39 is 0 Å². The van der Waals surface area contributed by atoms with Crippen molar-refractivity contribution >= 4 is 11.7 Å². The lowest BCUT2D eigenvalue weighted by Crippen LogP contribution is -2.15. The van der Waals surface area contributed by atoms with Crippen molar-refractivity contribution < 1.29 is 14.3 Å². The number of rotatable bonds is 4. The average molecular weight is 223 g/mol. The maximum atomic E-state index is 11.6. The van der Waals surface area contributed by atoms with Gasteiger partial charge in [-0.1, -0.05) is 6.92 Å². The van der Waals surface area contributed by atoms with Crippen molar-refractivity contribution in [2.24, 2.45) is 0 Å². The van der Waals surface area contributed by atoms with Crippen molar-refractivity contribution in [3.8, 4) is 5.75 Å². The zero-order valence-electron chi connectivity index (χ0n) is 9.82. The summed E-state index contributed by atoms with van der Waals surface area (Å²) in [4.78, 5) is 11.6. The van der Waals surface area contributed by atoms with Gasteiger partial charge in [0.25, 0.3) is 0 Å². The number of carbonyl (C=O) groups is 1. The van der Waals surface area contributed by atoms with Crippen LogP contribution in [0.15, 0.2) is 18.2 Å². The molecule has 0 amide bonds. The Labute approximate surface area is 95.3 Å². The Hall–Kier alpha value is -1.71. The van der Waals surface area contributed by atoms with Crippen LogP contribution >= 0.6 is 0 Å². The summed E-state index contributed by atoms with van der Waals surface area (Å²) in [7, 11) is 2.95. The standard InChI is InChI=1S/C12H17NO3/c1-4-9(12(14)16-3)10-7-8(15-2)5-6-11(10)13/h5-7,9H,4,13H2,1-3H3. The van der Waals surface area contributed by atoms with Crippen LogP contribution in [0.2, 0.25) is 0 Å². The Morgan fingerprint density at radius 3 is 2.62 bits per heavy atom. The van der Waals surface area contributed by atoms with Crippen LogP contribution in [-0.2, 0) is 9.53 Å². The Bertz CT molecular complexity index is 377. The van der Waals surface area contributed by atoms with Crippen LogP contribution in [0, 0.1) is 0 Å². The third-order valence-electron chi connectivity index (χ3n) is 2.56. The zero-order valence-corrected chi connectivity index (χ0v) is 9.82. The number of carbonyl (C=O) groups excluding carboxylic acids is 1. The summed E-state index contributed by atoms with van der Waals surface area (Å²) in [6.07, 6.45) is 0.643. The van der Waals surface area contributed by atoms with Gasteiger partial charge in [0.15, 0.2) is 0 Å². The van der Waals surface area contributed by atoms with Crippen LogP contribution in [-0.4, -0.2) is 20.2 Å². The Morgan fingerprint density at radius 1 is 1.44 bits per heavy atom. The molecule has 4 nitrogen and oxygen atoms in total. The molecule has 0 saturated carbocycles. The van der Waals surface area contributed by atoms with Gasteiger partial charge in [-0.05, 0) is 30.2 Å². The van der Waals surface area contributed by atoms with Crippen LogP contribution in [0.3, 0.4) is 0 Å². The molecule has 1 unspecified atom stereocenters. The van der Waals surface area contributed by atoms with Gasteiger partial charge in [-0.2, -0.15) is 0 Å². The molecular formula is C12H17NO3. The molecule has 0 saturated heterocycles. The fourth-order valence-corrected chi connectivity index (χ4v) is 1.64. The second kappa shape index (κ2) is 5.39. The van der Waals surface area contributed by atoms with Gasteiger partial charge in [-0.3, -0.25) is 4.79 Å². The van der Waals surface area contributed by atoms with Gasteiger partial charge in [-0.25, -0.2) is 0 Å². The van der Waals surface area contributed by atoms with E-state index in [2.05, 4.69) is 0 Å². The summed E-state index contributed by atoms with van der Waals surface area (Å²) in [5, 5.41) is 0. The number of nitrogen functional groups attached to an aromatic ring is 1. The smallest absolute Gasteiger partial charge is 0.313 e. The van der Waals surface area contributed by atoms with E-state index >= 15 is 0 Å². The molecule has 0 radical (unpaired) electrons. The fraction of sp³-hybridized carbons (Fsp3) is 0.417. The highest BCUT2D eigenvalue weighted by Gasteiger charge is 2.21. The SMILES string of the molecule is CCC(C(=O)OC)c1cc(OC)ccc1N. The lowest BCUT2D eigenvalue weighted by molar-refractivity contribution is -0.142. The molecule has 0 aliphatic heterocycles. The normalized spacial score (nSPS) is 11.9. The van der Waals surface area contributed by atoms with E-state index in [4.69, 9.17) is 15.2 Å². The van der Waals surface area contributed by atoms with Gasteiger partial charge in [0.05, 0.1) is 20.1 Å². The third kappa shape index (κ3) is 2.45. The first-order valence-corrected chi connectivity index (χ1v) is 5.15. The van der Waals surface area contributed by atoms with Crippen LogP contribution in [0.1, 0.15) is 24.8 Å². The van der Waals surface area contributed by atoms with E-state index in [9.17, 15) is 4.79 Å². The summed E-state index contributed by atoms with van der Waals surface area (Å²) < 4.78 is 9.86. The highest BCUT2D eigenvalue weighted by molar-refractivity contribution is 5.80. The van der Waals surface area contributed by atoms with Crippen molar-refractivity contribution in [3.63, 3.8) is 0 Å². The summed E-state index contributed by atoms with van der Waals surface area (Å²) in [5.74, 6) is 0.0779. The molecule has 0 fully saturated rings. The van der Waals surface area contributed by atoms with E-state index in [0.717, 1.165) is 5.56 Å². The maximum Gasteiger partial charge on any atom is 0.313 e. The quantitative estimate of drug-likeness (QED) is 0.626. The van der Waals surface area contributed by atoms with E-state index in [1.807, 2.05) is 6.92 Å². The first-order chi connectivity index (χ1) is 7.63. The number of ether oxygens (including phenoxy) is 2. The predicted octanol–water partition coefficient (Wildman–Crippen LogP) is 1.94. The van der Waals surface area contributed by atoms with Crippen molar-refractivity contribution in [2.75, 3.05) is 20.0 Å². The molecule has 0 spiro atoms. The van der Waals surface area contributed by atoms with Crippen LogP contribution in [0.4, 0.5) is 5.69 Å². The molecule has 1 aromatic rings. The predicted molar refractivity (Wildman–Crippen MR) is 62.5 cm³/mol. The van der Waals surface area contributed by atoms with Crippen molar-refractivity contribution in [2.45, 2.75) is 19.3 Å². The molecule has 0 heterocycles. The zero-order chi connectivity index (χ0) is 12.1. The lowest BCUT2D eigenvalue weighted by atomic mass is 9.95. The van der Waals surface area contributed by atoms with Crippen LogP contribution in [0.5, 0.6) is 5.75 Å². The van der Waals surface area contributed by atoms with E-state index in [1.165, 1.54) is 7.11 Å². The average Bonchev–Trinajstić information content (AvgIpc) is 2.32.